The summed E-state index contributed by atoms with van der Waals surface area (Å²) >= 11 is 2.26. The second kappa shape index (κ2) is 4.27. The summed E-state index contributed by atoms with van der Waals surface area (Å²) in [6.45, 7) is 0.732. The van der Waals surface area contributed by atoms with Crippen LogP contribution in [0.1, 0.15) is 11.7 Å². The van der Waals surface area contributed by atoms with Gasteiger partial charge in [0.2, 0.25) is 5.91 Å². The maximum Gasteiger partial charge on any atom is 0.246 e. The molecule has 14 heavy (non-hydrogen) atoms. The highest BCUT2D eigenvalue weighted by atomic mass is 127. The van der Waals surface area contributed by atoms with E-state index in [9.17, 15) is 4.79 Å². The molecule has 1 atom stereocenters. The Hall–Kier alpha value is -0.620. The number of amides is 1. The second-order valence-corrected chi connectivity index (χ2v) is 4.40. The van der Waals surface area contributed by atoms with Gasteiger partial charge in [0.25, 0.3) is 0 Å². The van der Waals surface area contributed by atoms with Crippen molar-refractivity contribution >= 4 is 28.5 Å². The molecule has 0 aromatic heterocycles. The standard InChI is InChI=1S/C10H10INO2/c11-8-3-1-7(2-4-8)9-5-12-10(13)6-14-9/h1-4,9H,5-6H2,(H,12,13)/t9-/m0/s1. The summed E-state index contributed by atoms with van der Waals surface area (Å²) in [6, 6.07) is 8.14. The first kappa shape index (κ1) is 9.92. The zero-order chi connectivity index (χ0) is 9.97. The van der Waals surface area contributed by atoms with Gasteiger partial charge in [-0.2, -0.15) is 0 Å². The fourth-order valence-electron chi connectivity index (χ4n) is 1.38. The Labute approximate surface area is 96.0 Å². The zero-order valence-electron chi connectivity index (χ0n) is 7.50. The van der Waals surface area contributed by atoms with Gasteiger partial charge in [-0.1, -0.05) is 12.1 Å². The summed E-state index contributed by atoms with van der Waals surface area (Å²) in [4.78, 5) is 10.9. The minimum Gasteiger partial charge on any atom is -0.362 e. The fraction of sp³-hybridized carbons (Fsp3) is 0.300. The van der Waals surface area contributed by atoms with Crippen LogP contribution in [0.5, 0.6) is 0 Å². The molecule has 1 saturated heterocycles. The lowest BCUT2D eigenvalue weighted by molar-refractivity contribution is -0.133. The Morgan fingerprint density at radius 3 is 2.64 bits per heavy atom. The number of carbonyl (C=O) groups is 1. The first-order chi connectivity index (χ1) is 6.75. The molecule has 0 unspecified atom stereocenters. The van der Waals surface area contributed by atoms with Crippen molar-refractivity contribution in [2.45, 2.75) is 6.10 Å². The topological polar surface area (TPSA) is 38.3 Å². The average molecular weight is 303 g/mol. The number of morpholine rings is 1. The van der Waals surface area contributed by atoms with E-state index in [0.717, 1.165) is 5.56 Å². The molecule has 0 bridgehead atoms. The van der Waals surface area contributed by atoms with Gasteiger partial charge in [-0.25, -0.2) is 0 Å². The number of benzene rings is 1. The minimum absolute atomic E-state index is 0.00435. The van der Waals surface area contributed by atoms with Crippen molar-refractivity contribution in [3.05, 3.63) is 33.4 Å². The molecule has 1 aromatic rings. The van der Waals surface area contributed by atoms with E-state index in [1.807, 2.05) is 24.3 Å². The monoisotopic (exact) mass is 303 g/mol. The highest BCUT2D eigenvalue weighted by Gasteiger charge is 2.19. The van der Waals surface area contributed by atoms with Crippen molar-refractivity contribution in [1.82, 2.24) is 5.32 Å². The molecule has 1 aromatic carbocycles. The molecular formula is C10H10INO2. The van der Waals surface area contributed by atoms with Crippen molar-refractivity contribution in [1.29, 1.82) is 0 Å². The van der Waals surface area contributed by atoms with E-state index in [1.54, 1.807) is 0 Å². The van der Waals surface area contributed by atoms with Crippen LogP contribution in [0.2, 0.25) is 0 Å². The van der Waals surface area contributed by atoms with Crippen LogP contribution in [0.4, 0.5) is 0 Å². The quantitative estimate of drug-likeness (QED) is 0.798. The van der Waals surface area contributed by atoms with E-state index in [2.05, 4.69) is 27.9 Å². The molecule has 1 N–H and O–H groups in total. The number of hydrogen-bond acceptors (Lipinski definition) is 2. The summed E-state index contributed by atoms with van der Waals surface area (Å²) in [6.07, 6.45) is 0.00435. The highest BCUT2D eigenvalue weighted by molar-refractivity contribution is 14.1. The van der Waals surface area contributed by atoms with Crippen LogP contribution in [0.15, 0.2) is 24.3 Å². The van der Waals surface area contributed by atoms with E-state index in [4.69, 9.17) is 4.74 Å². The van der Waals surface area contributed by atoms with Gasteiger partial charge in [0.1, 0.15) is 12.7 Å². The van der Waals surface area contributed by atoms with Crippen molar-refractivity contribution < 1.29 is 9.53 Å². The third-order valence-corrected chi connectivity index (χ3v) is 2.86. The molecule has 74 valence electrons. The number of ether oxygens (including phenoxy) is 1. The summed E-state index contributed by atoms with van der Waals surface area (Å²) in [5.41, 5.74) is 1.12. The summed E-state index contributed by atoms with van der Waals surface area (Å²) < 4.78 is 6.60. The highest BCUT2D eigenvalue weighted by Crippen LogP contribution is 2.19. The Balaban J connectivity index is 2.08. The zero-order valence-corrected chi connectivity index (χ0v) is 9.65. The van der Waals surface area contributed by atoms with E-state index >= 15 is 0 Å². The molecule has 0 aliphatic carbocycles. The predicted molar refractivity (Wildman–Crippen MR) is 60.9 cm³/mol. The van der Waals surface area contributed by atoms with Gasteiger partial charge in [0.05, 0.1) is 0 Å². The number of rotatable bonds is 1. The number of nitrogens with one attached hydrogen (secondary N) is 1. The largest absolute Gasteiger partial charge is 0.362 e. The minimum atomic E-state index is -0.0354. The number of carbonyl (C=O) groups excluding carboxylic acids is 1. The van der Waals surface area contributed by atoms with Crippen LogP contribution in [0.25, 0.3) is 0 Å². The molecule has 1 fully saturated rings. The lowest BCUT2D eigenvalue weighted by atomic mass is 10.1. The number of hydrogen-bond donors (Lipinski definition) is 1. The van der Waals surface area contributed by atoms with Gasteiger partial charge in [0, 0.05) is 10.1 Å². The van der Waals surface area contributed by atoms with Crippen LogP contribution < -0.4 is 5.32 Å². The smallest absolute Gasteiger partial charge is 0.246 e. The number of halogens is 1. The Bertz CT molecular complexity index is 326. The predicted octanol–water partition coefficient (Wildman–Crippen LogP) is 1.48. The molecular weight excluding hydrogens is 293 g/mol. The summed E-state index contributed by atoms with van der Waals surface area (Å²) in [5, 5.41) is 2.78. The van der Waals surface area contributed by atoms with Gasteiger partial charge >= 0.3 is 0 Å². The van der Waals surface area contributed by atoms with Gasteiger partial charge in [-0.15, -0.1) is 0 Å². The van der Waals surface area contributed by atoms with Crippen molar-refractivity contribution in [3.8, 4) is 0 Å². The maximum absolute atomic E-state index is 10.9. The Kier molecular flexibility index (Phi) is 3.02. The molecule has 0 radical (unpaired) electrons. The molecule has 1 heterocycles. The van der Waals surface area contributed by atoms with Crippen LogP contribution in [0.3, 0.4) is 0 Å². The molecule has 2 rings (SSSR count). The molecule has 3 nitrogen and oxygen atoms in total. The first-order valence-electron chi connectivity index (χ1n) is 4.39. The Morgan fingerprint density at radius 2 is 2.07 bits per heavy atom. The van der Waals surface area contributed by atoms with Gasteiger partial charge in [0.15, 0.2) is 0 Å². The molecule has 1 aliphatic heterocycles. The second-order valence-electron chi connectivity index (χ2n) is 3.16. The first-order valence-corrected chi connectivity index (χ1v) is 5.47. The summed E-state index contributed by atoms with van der Waals surface area (Å²) in [5.74, 6) is -0.0354. The van der Waals surface area contributed by atoms with Gasteiger partial charge in [-0.3, -0.25) is 4.79 Å². The average Bonchev–Trinajstić information content (AvgIpc) is 2.21. The molecule has 1 aliphatic rings. The van der Waals surface area contributed by atoms with E-state index in [0.29, 0.717) is 6.54 Å². The van der Waals surface area contributed by atoms with Crippen molar-refractivity contribution in [2.75, 3.05) is 13.2 Å². The van der Waals surface area contributed by atoms with Crippen LogP contribution in [0, 0.1) is 3.57 Å². The van der Waals surface area contributed by atoms with E-state index < -0.39 is 0 Å². The van der Waals surface area contributed by atoms with Crippen LogP contribution >= 0.6 is 22.6 Å². The van der Waals surface area contributed by atoms with Gasteiger partial charge in [-0.05, 0) is 40.3 Å². The lowest BCUT2D eigenvalue weighted by Gasteiger charge is -2.23. The SMILES string of the molecule is O=C1CO[C@H](c2ccc(I)cc2)CN1. The third-order valence-electron chi connectivity index (χ3n) is 2.14. The van der Waals surface area contributed by atoms with Crippen molar-refractivity contribution in [2.24, 2.45) is 0 Å². The summed E-state index contributed by atoms with van der Waals surface area (Å²) in [7, 11) is 0. The lowest BCUT2D eigenvalue weighted by Crippen LogP contribution is -2.38. The molecule has 1 amide bonds. The fourth-order valence-corrected chi connectivity index (χ4v) is 1.74. The van der Waals surface area contributed by atoms with Crippen LogP contribution in [-0.2, 0) is 9.53 Å². The molecule has 4 heteroatoms. The Morgan fingerprint density at radius 1 is 1.36 bits per heavy atom. The molecule has 0 saturated carbocycles. The third kappa shape index (κ3) is 2.24. The van der Waals surface area contributed by atoms with Crippen LogP contribution in [-0.4, -0.2) is 19.1 Å². The molecule has 0 spiro atoms. The van der Waals surface area contributed by atoms with E-state index in [-0.39, 0.29) is 18.6 Å². The maximum atomic E-state index is 10.9. The van der Waals surface area contributed by atoms with E-state index in [1.165, 1.54) is 3.57 Å². The van der Waals surface area contributed by atoms with Crippen molar-refractivity contribution in [3.63, 3.8) is 0 Å². The normalized spacial score (nSPS) is 21.8. The van der Waals surface area contributed by atoms with Gasteiger partial charge < -0.3 is 10.1 Å².